The summed E-state index contributed by atoms with van der Waals surface area (Å²) in [5.74, 6) is -0.460. The summed E-state index contributed by atoms with van der Waals surface area (Å²) in [6.45, 7) is 9.82. The van der Waals surface area contributed by atoms with Crippen LogP contribution in [0.15, 0.2) is 18.2 Å². The molecule has 4 nitrogen and oxygen atoms in total. The summed E-state index contributed by atoms with van der Waals surface area (Å²) in [5.41, 5.74) is 0.780. The lowest BCUT2D eigenvalue weighted by molar-refractivity contribution is -0.165. The van der Waals surface area contributed by atoms with Crippen molar-refractivity contribution in [1.82, 2.24) is 0 Å². The minimum absolute atomic E-state index is 0.209. The number of anilines is 1. The maximum Gasteiger partial charge on any atom is 0.313 e. The molecule has 4 heteroatoms. The summed E-state index contributed by atoms with van der Waals surface area (Å²) >= 11 is 0. The fourth-order valence-electron chi connectivity index (χ4n) is 3.92. The molecule has 1 saturated heterocycles. The quantitative estimate of drug-likeness (QED) is 0.852. The van der Waals surface area contributed by atoms with Crippen LogP contribution in [0.4, 0.5) is 5.69 Å². The first-order valence-corrected chi connectivity index (χ1v) is 7.76. The van der Waals surface area contributed by atoms with E-state index in [1.165, 1.54) is 0 Å². The minimum atomic E-state index is -1.06. The van der Waals surface area contributed by atoms with E-state index in [4.69, 9.17) is 4.74 Å². The van der Waals surface area contributed by atoms with Crippen LogP contribution in [0.3, 0.4) is 0 Å². The first-order chi connectivity index (χ1) is 10.1. The highest BCUT2D eigenvalue weighted by Gasteiger charge is 2.75. The summed E-state index contributed by atoms with van der Waals surface area (Å²) < 4.78 is 5.61. The largest absolute Gasteiger partial charge is 0.448 e. The van der Waals surface area contributed by atoms with E-state index in [0.29, 0.717) is 12.8 Å². The number of amides is 1. The van der Waals surface area contributed by atoms with Crippen molar-refractivity contribution in [3.8, 4) is 0 Å². The van der Waals surface area contributed by atoms with Gasteiger partial charge in [0.25, 0.3) is 5.91 Å². The van der Waals surface area contributed by atoms with Crippen molar-refractivity contribution < 1.29 is 14.3 Å². The van der Waals surface area contributed by atoms with Crippen LogP contribution in [-0.2, 0) is 14.3 Å². The van der Waals surface area contributed by atoms with E-state index < -0.39 is 16.4 Å². The van der Waals surface area contributed by atoms with Crippen molar-refractivity contribution in [2.24, 2.45) is 10.8 Å². The van der Waals surface area contributed by atoms with Gasteiger partial charge in [0.2, 0.25) is 0 Å². The van der Waals surface area contributed by atoms with Crippen LogP contribution < -0.4 is 5.32 Å². The Morgan fingerprint density at radius 2 is 1.86 bits per heavy atom. The van der Waals surface area contributed by atoms with Gasteiger partial charge in [-0.2, -0.15) is 0 Å². The fraction of sp³-hybridized carbons (Fsp3) is 0.556. The Morgan fingerprint density at radius 1 is 1.18 bits per heavy atom. The van der Waals surface area contributed by atoms with Crippen LogP contribution >= 0.6 is 0 Å². The van der Waals surface area contributed by atoms with Gasteiger partial charge in [-0.25, -0.2) is 0 Å². The molecule has 1 aliphatic heterocycles. The van der Waals surface area contributed by atoms with Gasteiger partial charge in [0.05, 0.1) is 5.41 Å². The highest BCUT2D eigenvalue weighted by Crippen LogP contribution is 2.65. The fourth-order valence-corrected chi connectivity index (χ4v) is 3.92. The number of hydrogen-bond donors (Lipinski definition) is 1. The molecule has 22 heavy (non-hydrogen) atoms. The Balaban J connectivity index is 1.94. The number of hydrogen-bond acceptors (Lipinski definition) is 3. The van der Waals surface area contributed by atoms with Crippen LogP contribution in [0.25, 0.3) is 0 Å². The minimum Gasteiger partial charge on any atom is -0.448 e. The molecule has 1 N–H and O–H groups in total. The lowest BCUT2D eigenvalue weighted by Gasteiger charge is -2.35. The molecule has 2 bridgehead atoms. The first-order valence-electron chi connectivity index (χ1n) is 7.76. The van der Waals surface area contributed by atoms with Crippen molar-refractivity contribution in [2.45, 2.75) is 53.1 Å². The normalized spacial score (nSPS) is 32.0. The third kappa shape index (κ3) is 1.64. The predicted molar refractivity (Wildman–Crippen MR) is 84.5 cm³/mol. The monoisotopic (exact) mass is 301 g/mol. The maximum absolute atomic E-state index is 12.9. The molecule has 118 valence electrons. The number of carbonyl (C=O) groups is 2. The van der Waals surface area contributed by atoms with Gasteiger partial charge >= 0.3 is 5.97 Å². The SMILES string of the molecule is Cc1ccc(NC(=O)C23CCC(C)(C(=O)O2)C3(C)C)c(C)c1. The summed E-state index contributed by atoms with van der Waals surface area (Å²) in [5, 5.41) is 2.98. The topological polar surface area (TPSA) is 55.4 Å². The molecule has 2 atom stereocenters. The molecule has 1 aromatic rings. The summed E-state index contributed by atoms with van der Waals surface area (Å²) in [6.07, 6.45) is 1.28. The van der Waals surface area contributed by atoms with Crippen LogP contribution in [0.2, 0.25) is 0 Å². The van der Waals surface area contributed by atoms with Crippen LogP contribution in [0, 0.1) is 24.7 Å². The smallest absolute Gasteiger partial charge is 0.313 e. The van der Waals surface area contributed by atoms with Crippen LogP contribution in [0.1, 0.15) is 44.7 Å². The molecule has 3 rings (SSSR count). The second-order valence-corrected chi connectivity index (χ2v) is 7.45. The zero-order chi connectivity index (χ0) is 16.3. The lowest BCUT2D eigenvalue weighted by atomic mass is 9.66. The van der Waals surface area contributed by atoms with E-state index in [0.717, 1.165) is 16.8 Å². The standard InChI is InChI=1S/C18H23NO3/c1-11-6-7-13(12(2)10-11)19-14(20)18-9-8-17(5,15(21)22-18)16(18,3)4/h6-7,10H,8-9H2,1-5H3,(H,19,20). The maximum atomic E-state index is 12.9. The van der Waals surface area contributed by atoms with Crippen molar-refractivity contribution in [3.05, 3.63) is 29.3 Å². The van der Waals surface area contributed by atoms with Crippen molar-refractivity contribution in [2.75, 3.05) is 5.32 Å². The Kier molecular flexibility index (Phi) is 2.97. The van der Waals surface area contributed by atoms with E-state index in [2.05, 4.69) is 5.32 Å². The third-order valence-electron chi connectivity index (χ3n) is 6.08. The molecule has 1 heterocycles. The van der Waals surface area contributed by atoms with Gasteiger partial charge in [-0.3, -0.25) is 9.59 Å². The number of rotatable bonds is 2. The summed E-state index contributed by atoms with van der Waals surface area (Å²) in [6, 6.07) is 5.89. The first kappa shape index (κ1) is 15.1. The Bertz CT molecular complexity index is 679. The molecular formula is C18H23NO3. The Labute approximate surface area is 131 Å². The van der Waals surface area contributed by atoms with Gasteiger partial charge in [-0.15, -0.1) is 0 Å². The average Bonchev–Trinajstić information content (AvgIpc) is 2.72. The van der Waals surface area contributed by atoms with E-state index in [1.807, 2.05) is 52.8 Å². The number of carbonyl (C=O) groups excluding carboxylic acids is 2. The second kappa shape index (κ2) is 4.34. The van der Waals surface area contributed by atoms with Crippen LogP contribution in [-0.4, -0.2) is 17.5 Å². The number of aryl methyl sites for hydroxylation is 2. The molecule has 1 aliphatic carbocycles. The molecular weight excluding hydrogens is 278 g/mol. The molecule has 0 aromatic heterocycles. The Morgan fingerprint density at radius 3 is 2.36 bits per heavy atom. The zero-order valence-electron chi connectivity index (χ0n) is 13.9. The number of benzene rings is 1. The van der Waals surface area contributed by atoms with Gasteiger partial charge in [0.1, 0.15) is 0 Å². The second-order valence-electron chi connectivity index (χ2n) is 7.45. The number of fused-ring (bicyclic) bond motifs is 2. The van der Waals surface area contributed by atoms with Crippen LogP contribution in [0.5, 0.6) is 0 Å². The lowest BCUT2D eigenvalue weighted by Crippen LogP contribution is -2.50. The predicted octanol–water partition coefficient (Wildman–Crippen LogP) is 3.36. The molecule has 0 spiro atoms. The zero-order valence-corrected chi connectivity index (χ0v) is 13.9. The number of ether oxygens (including phenoxy) is 1. The molecule has 1 amide bonds. The molecule has 1 saturated carbocycles. The highest BCUT2D eigenvalue weighted by atomic mass is 16.6. The number of esters is 1. The van der Waals surface area contributed by atoms with Gasteiger partial charge in [0.15, 0.2) is 5.60 Å². The van der Waals surface area contributed by atoms with Gasteiger partial charge < -0.3 is 10.1 Å². The molecule has 2 fully saturated rings. The van der Waals surface area contributed by atoms with Crippen molar-refractivity contribution in [1.29, 1.82) is 0 Å². The molecule has 1 aromatic carbocycles. The van der Waals surface area contributed by atoms with E-state index >= 15 is 0 Å². The van der Waals surface area contributed by atoms with Gasteiger partial charge in [-0.1, -0.05) is 31.5 Å². The third-order valence-corrected chi connectivity index (χ3v) is 6.08. The average molecular weight is 301 g/mol. The van der Waals surface area contributed by atoms with Gasteiger partial charge in [0, 0.05) is 11.1 Å². The summed E-state index contributed by atoms with van der Waals surface area (Å²) in [4.78, 5) is 25.2. The molecule has 0 radical (unpaired) electrons. The molecule has 2 unspecified atom stereocenters. The highest BCUT2D eigenvalue weighted by molar-refractivity contribution is 6.03. The Hall–Kier alpha value is -1.84. The van der Waals surface area contributed by atoms with E-state index in [9.17, 15) is 9.59 Å². The number of nitrogens with one attached hydrogen (secondary N) is 1. The van der Waals surface area contributed by atoms with Crippen molar-refractivity contribution >= 4 is 17.6 Å². The van der Waals surface area contributed by atoms with Crippen molar-refractivity contribution in [3.63, 3.8) is 0 Å². The molecule has 2 aliphatic rings. The van der Waals surface area contributed by atoms with E-state index in [1.54, 1.807) is 0 Å². The van der Waals surface area contributed by atoms with E-state index in [-0.39, 0.29) is 11.9 Å². The van der Waals surface area contributed by atoms with Gasteiger partial charge in [-0.05, 0) is 45.2 Å². The summed E-state index contributed by atoms with van der Waals surface area (Å²) in [7, 11) is 0.